The molecule has 7 rings (SSSR count). The number of hydrogen-bond donors (Lipinski definition) is 4. The number of fused-ring (bicyclic) bond motifs is 2. The van der Waals surface area contributed by atoms with Crippen LogP contribution in [0.5, 0.6) is 11.5 Å². The topological polar surface area (TPSA) is 164 Å². The van der Waals surface area contributed by atoms with Crippen LogP contribution in [0.4, 0.5) is 11.5 Å². The van der Waals surface area contributed by atoms with E-state index in [9.17, 15) is 19.2 Å². The molecule has 2 aliphatic heterocycles. The zero-order valence-electron chi connectivity index (χ0n) is 34.0. The van der Waals surface area contributed by atoms with Crippen molar-refractivity contribution in [1.29, 1.82) is 0 Å². The molecule has 4 amide bonds. The molecule has 2 aliphatic rings. The van der Waals surface area contributed by atoms with Gasteiger partial charge in [-0.25, -0.2) is 9.97 Å². The average Bonchev–Trinajstić information content (AvgIpc) is 3.82. The second kappa shape index (κ2) is 18.8. The number of thiophene rings is 1. The molecule has 1 saturated heterocycles. The second-order valence-electron chi connectivity index (χ2n) is 15.0. The number of unbranched alkanes of at least 4 members (excludes halogenated alkanes) is 5. The molecule has 2 aromatic heterocycles. The van der Waals surface area contributed by atoms with Gasteiger partial charge in [0.15, 0.2) is 11.5 Å². The monoisotopic (exact) mass is 817 g/mol. The number of rotatable bonds is 19. The van der Waals surface area contributed by atoms with E-state index < -0.39 is 23.8 Å². The molecule has 5 aromatic rings. The molecule has 14 heteroatoms. The molecule has 4 N–H and O–H groups in total. The number of piperidine rings is 1. The van der Waals surface area contributed by atoms with Crippen LogP contribution in [0.25, 0.3) is 22.0 Å². The molecular formula is C45H51N7O6S. The maximum absolute atomic E-state index is 13.1. The van der Waals surface area contributed by atoms with E-state index in [0.717, 1.165) is 79.0 Å². The van der Waals surface area contributed by atoms with E-state index in [1.165, 1.54) is 28.0 Å². The van der Waals surface area contributed by atoms with Gasteiger partial charge in [-0.15, -0.1) is 11.3 Å². The lowest BCUT2D eigenvalue weighted by Gasteiger charge is -2.27. The summed E-state index contributed by atoms with van der Waals surface area (Å²) in [5.74, 6) is 0.714. The summed E-state index contributed by atoms with van der Waals surface area (Å²) < 4.78 is 11.0. The standard InChI is InChI=1S/C45H51N7O6S/c1-27(48-42-35-23-38(57-3)39(58-4)24-36(35)49-28(2)50-42)40-21-30(26-59-40)32-14-10-9-13-29(32)25-46-19-11-7-5-6-8-12-20-47-31-15-16-33-34(22-31)45(56)52(44(33)55)37-17-18-41(53)51-43(37)54/h9-10,13-16,21-24,26-27,37,46-47H,5-8,11-12,17-20,25H2,1-4H3,(H,48,49,50)(H,51,53,54)/t27-,37?/m1/s1. The highest BCUT2D eigenvalue weighted by Gasteiger charge is 2.44. The summed E-state index contributed by atoms with van der Waals surface area (Å²) >= 11 is 1.74. The Labute approximate surface area is 348 Å². The number of aromatic nitrogens is 2. The molecule has 0 saturated carbocycles. The summed E-state index contributed by atoms with van der Waals surface area (Å²) in [4.78, 5) is 61.5. The first-order chi connectivity index (χ1) is 28.6. The van der Waals surface area contributed by atoms with Gasteiger partial charge in [-0.3, -0.25) is 29.4 Å². The van der Waals surface area contributed by atoms with Crippen LogP contribution >= 0.6 is 11.3 Å². The third kappa shape index (κ3) is 9.39. The van der Waals surface area contributed by atoms with Gasteiger partial charge in [-0.2, -0.15) is 0 Å². The van der Waals surface area contributed by atoms with Gasteiger partial charge in [-0.1, -0.05) is 49.9 Å². The number of methoxy groups -OCH3 is 2. The van der Waals surface area contributed by atoms with Crippen LogP contribution in [0, 0.1) is 6.92 Å². The fourth-order valence-corrected chi connectivity index (χ4v) is 8.67. The van der Waals surface area contributed by atoms with Gasteiger partial charge in [0, 0.05) is 41.5 Å². The number of carbonyl (C=O) groups excluding carboxylic acids is 4. The normalized spacial score (nSPS) is 15.7. The summed E-state index contributed by atoms with van der Waals surface area (Å²) in [5.41, 5.74) is 5.84. The Hall–Kier alpha value is -5.86. The van der Waals surface area contributed by atoms with Crippen LogP contribution in [0.3, 0.4) is 0 Å². The SMILES string of the molecule is COc1cc2nc(C)nc(N[C@H](C)c3cc(-c4ccccc4CNCCCCCCCCNc4ccc5c(c4)C(=O)N(C4CCC(=O)NC4=O)C5=O)cs3)c2cc1OC. The first-order valence-corrected chi connectivity index (χ1v) is 21.2. The molecule has 3 aromatic carbocycles. The molecular weight excluding hydrogens is 767 g/mol. The number of hydrogen-bond acceptors (Lipinski definition) is 12. The number of benzene rings is 3. The van der Waals surface area contributed by atoms with Crippen molar-refractivity contribution in [3.05, 3.63) is 93.4 Å². The number of nitrogens with zero attached hydrogens (tertiary/aromatic N) is 3. The Kier molecular flexibility index (Phi) is 13.2. The number of anilines is 2. The molecule has 0 aliphatic carbocycles. The van der Waals surface area contributed by atoms with E-state index in [2.05, 4.69) is 68.9 Å². The fraction of sp³-hybridized carbons (Fsp3) is 0.378. The van der Waals surface area contributed by atoms with E-state index in [4.69, 9.17) is 14.5 Å². The van der Waals surface area contributed by atoms with Gasteiger partial charge < -0.3 is 25.4 Å². The van der Waals surface area contributed by atoms with Crippen molar-refractivity contribution in [3.8, 4) is 22.6 Å². The molecule has 1 fully saturated rings. The van der Waals surface area contributed by atoms with Crippen molar-refractivity contribution in [2.24, 2.45) is 0 Å². The van der Waals surface area contributed by atoms with Crippen LogP contribution in [0.15, 0.2) is 66.0 Å². The number of carbonyl (C=O) groups is 4. The van der Waals surface area contributed by atoms with Gasteiger partial charge in [0.2, 0.25) is 11.8 Å². The Morgan fingerprint density at radius 2 is 1.58 bits per heavy atom. The van der Waals surface area contributed by atoms with Crippen molar-refractivity contribution in [1.82, 2.24) is 25.5 Å². The van der Waals surface area contributed by atoms with Gasteiger partial charge in [0.05, 0.1) is 36.9 Å². The molecule has 4 heterocycles. The third-order valence-corrected chi connectivity index (χ3v) is 12.0. The maximum Gasteiger partial charge on any atom is 0.262 e. The molecule has 2 atom stereocenters. The van der Waals surface area contributed by atoms with E-state index in [-0.39, 0.29) is 35.9 Å². The van der Waals surface area contributed by atoms with E-state index in [0.29, 0.717) is 17.3 Å². The average molecular weight is 818 g/mol. The third-order valence-electron chi connectivity index (χ3n) is 10.9. The molecule has 0 bridgehead atoms. The van der Waals surface area contributed by atoms with Crippen LogP contribution < -0.4 is 30.7 Å². The quantitative estimate of drug-likeness (QED) is 0.0475. The second-order valence-corrected chi connectivity index (χ2v) is 16.0. The zero-order chi connectivity index (χ0) is 41.5. The summed E-state index contributed by atoms with van der Waals surface area (Å²) in [6, 6.07) is 18.8. The van der Waals surface area contributed by atoms with Crippen molar-refractivity contribution < 1.29 is 28.7 Å². The van der Waals surface area contributed by atoms with Crippen LogP contribution in [0.1, 0.15) is 101 Å². The van der Waals surface area contributed by atoms with E-state index in [1.807, 2.05) is 19.1 Å². The minimum atomic E-state index is -0.963. The summed E-state index contributed by atoms with van der Waals surface area (Å²) in [6.45, 7) is 6.55. The first kappa shape index (κ1) is 41.3. The highest BCUT2D eigenvalue weighted by molar-refractivity contribution is 7.10. The predicted octanol–water partition coefficient (Wildman–Crippen LogP) is 7.80. The lowest BCUT2D eigenvalue weighted by atomic mass is 10.0. The fourth-order valence-electron chi connectivity index (χ4n) is 7.75. The Morgan fingerprint density at radius 1 is 0.847 bits per heavy atom. The molecule has 0 radical (unpaired) electrons. The minimum Gasteiger partial charge on any atom is -0.493 e. The number of amides is 4. The van der Waals surface area contributed by atoms with E-state index in [1.54, 1.807) is 43.8 Å². The van der Waals surface area contributed by atoms with Gasteiger partial charge in [0.1, 0.15) is 17.7 Å². The zero-order valence-corrected chi connectivity index (χ0v) is 34.8. The molecule has 0 spiro atoms. The molecule has 1 unspecified atom stereocenters. The summed E-state index contributed by atoms with van der Waals surface area (Å²) in [6.07, 6.45) is 6.90. The smallest absolute Gasteiger partial charge is 0.262 e. The first-order valence-electron chi connectivity index (χ1n) is 20.3. The van der Waals surface area contributed by atoms with Gasteiger partial charge in [-0.05, 0) is 92.1 Å². The number of imide groups is 2. The van der Waals surface area contributed by atoms with Crippen molar-refractivity contribution >= 4 is 57.4 Å². The summed E-state index contributed by atoms with van der Waals surface area (Å²) in [5, 5.41) is 16.0. The lowest BCUT2D eigenvalue weighted by Crippen LogP contribution is -2.54. The van der Waals surface area contributed by atoms with Crippen molar-refractivity contribution in [3.63, 3.8) is 0 Å². The van der Waals surface area contributed by atoms with Crippen LogP contribution in [0.2, 0.25) is 0 Å². The number of aryl methyl sites for hydroxylation is 1. The minimum absolute atomic E-state index is 0.0206. The van der Waals surface area contributed by atoms with E-state index >= 15 is 0 Å². The lowest BCUT2D eigenvalue weighted by molar-refractivity contribution is -0.136. The number of ether oxygens (including phenoxy) is 2. The van der Waals surface area contributed by atoms with Crippen LogP contribution in [-0.4, -0.2) is 71.8 Å². The largest absolute Gasteiger partial charge is 0.493 e. The molecule has 13 nitrogen and oxygen atoms in total. The Morgan fingerprint density at radius 3 is 2.36 bits per heavy atom. The molecule has 59 heavy (non-hydrogen) atoms. The van der Waals surface area contributed by atoms with Gasteiger partial charge in [0.25, 0.3) is 11.8 Å². The van der Waals surface area contributed by atoms with Crippen LogP contribution in [-0.2, 0) is 16.1 Å². The molecule has 308 valence electrons. The van der Waals surface area contributed by atoms with Crippen molar-refractivity contribution in [2.75, 3.05) is 37.9 Å². The Bertz CT molecular complexity index is 2360. The Balaban J connectivity index is 0.814. The predicted molar refractivity (Wildman–Crippen MR) is 230 cm³/mol. The summed E-state index contributed by atoms with van der Waals surface area (Å²) in [7, 11) is 3.25. The van der Waals surface area contributed by atoms with Crippen molar-refractivity contribution in [2.45, 2.75) is 83.8 Å². The van der Waals surface area contributed by atoms with Gasteiger partial charge >= 0.3 is 0 Å². The highest BCUT2D eigenvalue weighted by atomic mass is 32.1. The number of nitrogens with one attached hydrogen (secondary N) is 4. The highest BCUT2D eigenvalue weighted by Crippen LogP contribution is 2.37. The maximum atomic E-state index is 13.1.